The average Bonchev–Trinajstić information content (AvgIpc) is 2.80. The van der Waals surface area contributed by atoms with Gasteiger partial charge in [-0.15, -0.1) is 0 Å². The Morgan fingerprint density at radius 1 is 0.917 bits per heavy atom. The van der Waals surface area contributed by atoms with Gasteiger partial charge in [0.1, 0.15) is 5.75 Å². The van der Waals surface area contributed by atoms with Crippen LogP contribution in [-0.2, 0) is 12.4 Å². The van der Waals surface area contributed by atoms with Crippen LogP contribution in [0.5, 0.6) is 5.75 Å². The Labute approximate surface area is 133 Å². The van der Waals surface area contributed by atoms with E-state index in [0.717, 1.165) is 29.2 Å². The summed E-state index contributed by atoms with van der Waals surface area (Å²) in [6.45, 7) is -1.40. The fourth-order valence-electron chi connectivity index (χ4n) is 2.33. The number of phenolic OH excluding ortho intramolecular Hbond substituents is 1. The summed E-state index contributed by atoms with van der Waals surface area (Å²) in [5, 5.41) is 12.3. The number of aromatic hydroxyl groups is 1. The number of phenols is 1. The molecule has 0 aliphatic carbocycles. The van der Waals surface area contributed by atoms with Gasteiger partial charge in [0.15, 0.2) is 0 Å². The molecule has 1 heterocycles. The summed E-state index contributed by atoms with van der Waals surface area (Å²) in [6, 6.07) is 4.71. The molecular weight excluding hydrogens is 338 g/mol. The second kappa shape index (κ2) is 5.22. The molecule has 2 aromatic carbocycles. The minimum atomic E-state index is -4.67. The molecule has 128 valence electrons. The van der Waals surface area contributed by atoms with E-state index in [2.05, 4.69) is 5.32 Å². The quantitative estimate of drug-likeness (QED) is 0.715. The van der Waals surface area contributed by atoms with Crippen LogP contribution >= 0.6 is 0 Å². The normalized spacial score (nSPS) is 18.2. The number of nitrogens with zero attached hydrogens (tertiary/aromatic N) is 1. The highest BCUT2D eigenvalue weighted by Gasteiger charge is 2.34. The lowest BCUT2D eigenvalue weighted by Crippen LogP contribution is -2.17. The molecule has 1 atom stereocenters. The highest BCUT2D eigenvalue weighted by atomic mass is 19.4. The van der Waals surface area contributed by atoms with Crippen LogP contribution in [0.1, 0.15) is 12.5 Å². The van der Waals surface area contributed by atoms with Crippen molar-refractivity contribution in [2.24, 2.45) is 0 Å². The van der Waals surface area contributed by atoms with Gasteiger partial charge in [0.2, 0.25) is 0 Å². The lowest BCUT2D eigenvalue weighted by Gasteiger charge is -2.21. The van der Waals surface area contributed by atoms with Crippen molar-refractivity contribution in [3.63, 3.8) is 0 Å². The van der Waals surface area contributed by atoms with Crippen molar-refractivity contribution in [2.75, 3.05) is 16.9 Å². The van der Waals surface area contributed by atoms with E-state index in [1.54, 1.807) is 0 Å². The molecule has 3 rings (SSSR count). The Bertz CT molecular complexity index is 821. The summed E-state index contributed by atoms with van der Waals surface area (Å²) in [7, 11) is 0. The van der Waals surface area contributed by atoms with Gasteiger partial charge in [0, 0.05) is 0 Å². The van der Waals surface area contributed by atoms with E-state index >= 15 is 0 Å². The average molecular weight is 349 g/mol. The third-order valence-corrected chi connectivity index (χ3v) is 3.49. The van der Waals surface area contributed by atoms with E-state index in [1.165, 1.54) is 0 Å². The molecule has 0 fully saturated rings. The van der Waals surface area contributed by atoms with Gasteiger partial charge in [0.05, 0.1) is 36.2 Å². The van der Waals surface area contributed by atoms with Crippen molar-refractivity contribution in [1.82, 2.24) is 0 Å². The van der Waals surface area contributed by atoms with E-state index in [-0.39, 0.29) is 17.1 Å². The number of hydrogen-bond acceptors (Lipinski definition) is 3. The molecule has 9 heteroatoms. The number of benzene rings is 2. The number of alkyl halides is 6. The molecule has 2 aromatic rings. The molecule has 1 aliphatic heterocycles. The Balaban J connectivity index is 2.09. The first-order valence-corrected chi connectivity index (χ1v) is 6.58. The fraction of sp³-hybridized carbons (Fsp3) is 0.200. The van der Waals surface area contributed by atoms with Gasteiger partial charge in [-0.05, 0) is 36.4 Å². The summed E-state index contributed by atoms with van der Waals surface area (Å²) in [6.07, 6.45) is -9.27. The Kier molecular flexibility index (Phi) is 3.26. The molecule has 0 amide bonds. The van der Waals surface area contributed by atoms with Crippen LogP contribution in [0.25, 0.3) is 0 Å². The van der Waals surface area contributed by atoms with Crippen LogP contribution < -0.4 is 10.2 Å². The Hall–Kier alpha value is -2.58. The molecule has 1 unspecified atom stereocenters. The summed E-state index contributed by atoms with van der Waals surface area (Å²) < 4.78 is 84.8. The third-order valence-electron chi connectivity index (χ3n) is 3.49. The van der Waals surface area contributed by atoms with Crippen LogP contribution in [0.4, 0.5) is 43.4 Å². The number of rotatable bonds is 1. The van der Waals surface area contributed by atoms with Crippen molar-refractivity contribution in [3.8, 4) is 5.75 Å². The predicted molar refractivity (Wildman–Crippen MR) is 75.2 cm³/mol. The zero-order valence-electron chi connectivity index (χ0n) is 12.7. The number of halogens is 6. The van der Waals surface area contributed by atoms with Gasteiger partial charge in [-0.2, -0.15) is 26.3 Å². The molecule has 0 bridgehead atoms. The van der Waals surface area contributed by atoms with Crippen LogP contribution in [0, 0.1) is 0 Å². The maximum absolute atomic E-state index is 12.9. The number of fused-ring (bicyclic) bond motifs is 1. The second-order valence-corrected chi connectivity index (χ2v) is 5.07. The van der Waals surface area contributed by atoms with Crippen LogP contribution in [0.3, 0.4) is 0 Å². The lowest BCUT2D eigenvalue weighted by molar-refractivity contribution is -0.138. The molecule has 24 heavy (non-hydrogen) atoms. The summed E-state index contributed by atoms with van der Waals surface area (Å²) in [5.74, 6) is -0.528. The van der Waals surface area contributed by atoms with Crippen molar-refractivity contribution < 1.29 is 32.8 Å². The van der Waals surface area contributed by atoms with E-state index < -0.39 is 35.9 Å². The maximum atomic E-state index is 12.9. The molecule has 2 N–H and O–H groups in total. The SMILES string of the molecule is [2H]C1Nc2cc(C(F)(F)F)ccc2N1c1cc(C(F)(F)F)ccc1O. The third kappa shape index (κ3) is 2.81. The summed E-state index contributed by atoms with van der Waals surface area (Å²) in [4.78, 5) is 0.986. The highest BCUT2D eigenvalue weighted by Crippen LogP contribution is 2.44. The molecule has 0 radical (unpaired) electrons. The largest absolute Gasteiger partial charge is 0.506 e. The zero-order chi connectivity index (χ0) is 18.6. The first kappa shape index (κ1) is 15.0. The van der Waals surface area contributed by atoms with Crippen molar-refractivity contribution in [3.05, 3.63) is 47.5 Å². The maximum Gasteiger partial charge on any atom is 0.416 e. The minimum absolute atomic E-state index is 0.0580. The van der Waals surface area contributed by atoms with E-state index in [9.17, 15) is 31.4 Å². The summed E-state index contributed by atoms with van der Waals surface area (Å²) >= 11 is 0. The van der Waals surface area contributed by atoms with Crippen LogP contribution in [0.15, 0.2) is 36.4 Å². The van der Waals surface area contributed by atoms with Crippen molar-refractivity contribution in [2.45, 2.75) is 12.4 Å². The second-order valence-electron chi connectivity index (χ2n) is 5.07. The number of hydrogen-bond donors (Lipinski definition) is 2. The van der Waals surface area contributed by atoms with Crippen molar-refractivity contribution >= 4 is 17.1 Å². The van der Waals surface area contributed by atoms with Crippen LogP contribution in [-0.4, -0.2) is 11.8 Å². The smallest absolute Gasteiger partial charge is 0.416 e. The molecular formula is C15H10F6N2O. The Morgan fingerprint density at radius 3 is 2.12 bits per heavy atom. The molecule has 3 nitrogen and oxygen atoms in total. The van der Waals surface area contributed by atoms with Gasteiger partial charge in [-0.1, -0.05) is 0 Å². The first-order chi connectivity index (χ1) is 11.5. The van der Waals surface area contributed by atoms with Gasteiger partial charge in [-0.25, -0.2) is 0 Å². The zero-order valence-corrected chi connectivity index (χ0v) is 11.7. The van der Waals surface area contributed by atoms with Gasteiger partial charge in [-0.3, -0.25) is 0 Å². The molecule has 0 saturated carbocycles. The lowest BCUT2D eigenvalue weighted by atomic mass is 10.1. The molecule has 1 aliphatic rings. The predicted octanol–water partition coefficient (Wildman–Crippen LogP) is 4.95. The van der Waals surface area contributed by atoms with E-state index in [0.29, 0.717) is 12.1 Å². The van der Waals surface area contributed by atoms with Gasteiger partial charge >= 0.3 is 12.4 Å². The number of anilines is 3. The van der Waals surface area contributed by atoms with Gasteiger partial charge < -0.3 is 15.3 Å². The summed E-state index contributed by atoms with van der Waals surface area (Å²) in [5.41, 5.74) is -2.34. The van der Waals surface area contributed by atoms with Crippen molar-refractivity contribution in [1.29, 1.82) is 0 Å². The monoisotopic (exact) mass is 349 g/mol. The molecule has 0 saturated heterocycles. The fourth-order valence-corrected chi connectivity index (χ4v) is 2.33. The minimum Gasteiger partial charge on any atom is -0.506 e. The number of nitrogens with one attached hydrogen (secondary N) is 1. The van der Waals surface area contributed by atoms with E-state index in [1.807, 2.05) is 0 Å². The topological polar surface area (TPSA) is 35.5 Å². The first-order valence-electron chi connectivity index (χ1n) is 7.16. The van der Waals surface area contributed by atoms with E-state index in [4.69, 9.17) is 1.37 Å². The molecule has 0 spiro atoms. The standard InChI is InChI=1S/C15H10F6N2O/c16-14(17,18)8-1-3-11-10(5-8)22-7-23(11)12-6-9(15(19,20)21)2-4-13(12)24/h1-6,22,24H,7H2/i7D. The molecule has 0 aromatic heterocycles. The Morgan fingerprint density at radius 2 is 1.50 bits per heavy atom. The highest BCUT2D eigenvalue weighted by molar-refractivity contribution is 5.83. The van der Waals surface area contributed by atoms with Crippen LogP contribution in [0.2, 0.25) is 0 Å². The van der Waals surface area contributed by atoms with Gasteiger partial charge in [0.25, 0.3) is 0 Å².